The lowest BCUT2D eigenvalue weighted by Gasteiger charge is -2.23. The topological polar surface area (TPSA) is 21.3 Å². The molecule has 0 radical (unpaired) electrons. The van der Waals surface area contributed by atoms with E-state index in [1.807, 2.05) is 6.92 Å². The van der Waals surface area contributed by atoms with E-state index < -0.39 is 11.6 Å². The van der Waals surface area contributed by atoms with E-state index in [1.165, 1.54) is 18.2 Å². The third kappa shape index (κ3) is 2.48. The molecule has 1 fully saturated rings. The Kier molecular flexibility index (Phi) is 3.74. The fourth-order valence-electron chi connectivity index (χ4n) is 2.51. The fourth-order valence-corrected chi connectivity index (χ4v) is 2.51. The van der Waals surface area contributed by atoms with Gasteiger partial charge in [0.05, 0.1) is 12.7 Å². The van der Waals surface area contributed by atoms with Crippen LogP contribution in [0.25, 0.3) is 0 Å². The number of hydrogen-bond donors (Lipinski definition) is 1. The highest BCUT2D eigenvalue weighted by atomic mass is 19.1. The molecule has 3 unspecified atom stereocenters. The van der Waals surface area contributed by atoms with Crippen molar-refractivity contribution in [3.8, 4) is 0 Å². The highest BCUT2D eigenvalue weighted by Gasteiger charge is 2.32. The van der Waals surface area contributed by atoms with Crippen LogP contribution in [0.15, 0.2) is 18.2 Å². The summed E-state index contributed by atoms with van der Waals surface area (Å²) in [5.41, 5.74) is 0.123. The molecule has 94 valence electrons. The number of halogens is 2. The second-order valence-corrected chi connectivity index (χ2v) is 4.54. The van der Waals surface area contributed by atoms with Gasteiger partial charge in [0, 0.05) is 17.5 Å². The lowest BCUT2D eigenvalue weighted by Crippen LogP contribution is -2.27. The molecule has 1 aliphatic heterocycles. The normalized spacial score (nSPS) is 26.1. The van der Waals surface area contributed by atoms with Gasteiger partial charge in [-0.25, -0.2) is 8.78 Å². The van der Waals surface area contributed by atoms with Crippen molar-refractivity contribution >= 4 is 0 Å². The summed E-state index contributed by atoms with van der Waals surface area (Å²) < 4.78 is 32.9. The first-order valence-electron chi connectivity index (χ1n) is 5.86. The summed E-state index contributed by atoms with van der Waals surface area (Å²) >= 11 is 0. The van der Waals surface area contributed by atoms with E-state index >= 15 is 0 Å². The van der Waals surface area contributed by atoms with E-state index in [0.29, 0.717) is 6.61 Å². The van der Waals surface area contributed by atoms with Gasteiger partial charge in [-0.1, -0.05) is 6.07 Å². The zero-order valence-electron chi connectivity index (χ0n) is 10.0. The molecule has 1 aliphatic rings. The van der Waals surface area contributed by atoms with Gasteiger partial charge in [-0.3, -0.25) is 0 Å². The molecule has 1 aromatic carbocycles. The Bertz CT molecular complexity index is 377. The average molecular weight is 241 g/mol. The lowest BCUT2D eigenvalue weighted by molar-refractivity contribution is 0.117. The van der Waals surface area contributed by atoms with Crippen molar-refractivity contribution < 1.29 is 13.5 Å². The molecule has 0 spiro atoms. The molecule has 0 saturated carbocycles. The van der Waals surface area contributed by atoms with Gasteiger partial charge in [-0.05, 0) is 32.5 Å². The zero-order valence-corrected chi connectivity index (χ0v) is 10.0. The molecule has 3 atom stereocenters. The van der Waals surface area contributed by atoms with Gasteiger partial charge < -0.3 is 10.1 Å². The largest absolute Gasteiger partial charge is 0.378 e. The Balaban J connectivity index is 2.29. The number of benzene rings is 1. The van der Waals surface area contributed by atoms with Gasteiger partial charge >= 0.3 is 0 Å². The van der Waals surface area contributed by atoms with Crippen molar-refractivity contribution in [3.63, 3.8) is 0 Å². The summed E-state index contributed by atoms with van der Waals surface area (Å²) in [5.74, 6) is -0.880. The second kappa shape index (κ2) is 5.10. The monoisotopic (exact) mass is 241 g/mol. The van der Waals surface area contributed by atoms with Crippen molar-refractivity contribution in [2.45, 2.75) is 25.5 Å². The van der Waals surface area contributed by atoms with E-state index in [0.717, 1.165) is 6.42 Å². The summed E-state index contributed by atoms with van der Waals surface area (Å²) in [5, 5.41) is 3.00. The molecule has 2 nitrogen and oxygen atoms in total. The minimum atomic E-state index is -0.496. The molecule has 0 amide bonds. The van der Waals surface area contributed by atoms with Crippen molar-refractivity contribution in [1.29, 1.82) is 0 Å². The summed E-state index contributed by atoms with van der Waals surface area (Å²) in [7, 11) is 1.72. The summed E-state index contributed by atoms with van der Waals surface area (Å²) in [4.78, 5) is 0. The fraction of sp³-hybridized carbons (Fsp3) is 0.538. The van der Waals surface area contributed by atoms with Crippen LogP contribution >= 0.6 is 0 Å². The molecule has 1 saturated heterocycles. The first-order valence-corrected chi connectivity index (χ1v) is 5.86. The van der Waals surface area contributed by atoms with Crippen molar-refractivity contribution in [1.82, 2.24) is 5.32 Å². The highest BCUT2D eigenvalue weighted by molar-refractivity contribution is 5.24. The highest BCUT2D eigenvalue weighted by Crippen LogP contribution is 2.33. The molecule has 0 bridgehead atoms. The van der Waals surface area contributed by atoms with Crippen LogP contribution in [0.5, 0.6) is 0 Å². The molecular weight excluding hydrogens is 224 g/mol. The number of nitrogens with one attached hydrogen (secondary N) is 1. The SMILES string of the molecule is CNC(c1c(F)cccc1F)C1COC(C)C1. The van der Waals surface area contributed by atoms with Crippen molar-refractivity contribution in [2.24, 2.45) is 5.92 Å². The Hall–Kier alpha value is -1.00. The van der Waals surface area contributed by atoms with Crippen LogP contribution in [0.2, 0.25) is 0 Å². The third-order valence-corrected chi connectivity index (χ3v) is 3.32. The van der Waals surface area contributed by atoms with E-state index in [2.05, 4.69) is 5.32 Å². The Morgan fingerprint density at radius 1 is 1.35 bits per heavy atom. The number of hydrogen-bond acceptors (Lipinski definition) is 2. The van der Waals surface area contributed by atoms with E-state index in [1.54, 1.807) is 7.05 Å². The van der Waals surface area contributed by atoms with Crippen LogP contribution in [0, 0.1) is 17.6 Å². The summed E-state index contributed by atoms with van der Waals surface area (Å²) in [6.45, 7) is 2.52. The van der Waals surface area contributed by atoms with Crippen LogP contribution in [0.3, 0.4) is 0 Å². The number of ether oxygens (including phenoxy) is 1. The van der Waals surface area contributed by atoms with E-state index in [-0.39, 0.29) is 23.6 Å². The smallest absolute Gasteiger partial charge is 0.130 e. The molecule has 0 aromatic heterocycles. The first kappa shape index (κ1) is 12.5. The van der Waals surface area contributed by atoms with E-state index in [4.69, 9.17) is 4.74 Å². The van der Waals surface area contributed by atoms with Gasteiger partial charge in [0.25, 0.3) is 0 Å². The third-order valence-electron chi connectivity index (χ3n) is 3.32. The second-order valence-electron chi connectivity index (χ2n) is 4.54. The minimum Gasteiger partial charge on any atom is -0.378 e. The summed E-state index contributed by atoms with van der Waals surface area (Å²) in [6.07, 6.45) is 0.977. The molecular formula is C13H17F2NO. The molecule has 1 heterocycles. The van der Waals surface area contributed by atoms with Crippen LogP contribution in [0.4, 0.5) is 8.78 Å². The standard InChI is InChI=1S/C13H17F2NO/c1-8-6-9(7-17-8)13(16-2)12-10(14)4-3-5-11(12)15/h3-5,8-9,13,16H,6-7H2,1-2H3. The first-order chi connectivity index (χ1) is 8.13. The molecule has 2 rings (SSSR count). The number of rotatable bonds is 3. The molecule has 1 N–H and O–H groups in total. The molecule has 0 aliphatic carbocycles. The van der Waals surface area contributed by atoms with E-state index in [9.17, 15) is 8.78 Å². The maximum absolute atomic E-state index is 13.7. The lowest BCUT2D eigenvalue weighted by atomic mass is 9.90. The van der Waals surface area contributed by atoms with Gasteiger partial charge in [0.1, 0.15) is 11.6 Å². The summed E-state index contributed by atoms with van der Waals surface area (Å²) in [6, 6.07) is 3.64. The Labute approximate surface area is 100.0 Å². The van der Waals surface area contributed by atoms with Crippen LogP contribution in [-0.4, -0.2) is 19.8 Å². The van der Waals surface area contributed by atoms with Gasteiger partial charge in [0.2, 0.25) is 0 Å². The maximum atomic E-state index is 13.7. The van der Waals surface area contributed by atoms with Gasteiger partial charge in [-0.15, -0.1) is 0 Å². The average Bonchev–Trinajstić information content (AvgIpc) is 2.70. The molecule has 1 aromatic rings. The predicted octanol–water partition coefficient (Wildman–Crippen LogP) is 2.65. The molecule has 4 heteroatoms. The Morgan fingerprint density at radius 3 is 2.47 bits per heavy atom. The quantitative estimate of drug-likeness (QED) is 0.878. The van der Waals surface area contributed by atoms with Crippen molar-refractivity contribution in [3.05, 3.63) is 35.4 Å². The van der Waals surface area contributed by atoms with Crippen molar-refractivity contribution in [2.75, 3.05) is 13.7 Å². The zero-order chi connectivity index (χ0) is 12.4. The van der Waals surface area contributed by atoms with Crippen LogP contribution in [-0.2, 0) is 4.74 Å². The maximum Gasteiger partial charge on any atom is 0.130 e. The van der Waals surface area contributed by atoms with Gasteiger partial charge in [0.15, 0.2) is 0 Å². The minimum absolute atomic E-state index is 0.112. The predicted molar refractivity (Wildman–Crippen MR) is 61.7 cm³/mol. The molecule has 17 heavy (non-hydrogen) atoms. The van der Waals surface area contributed by atoms with Crippen LogP contribution in [0.1, 0.15) is 24.9 Å². The van der Waals surface area contributed by atoms with Crippen LogP contribution < -0.4 is 5.32 Å². The Morgan fingerprint density at radius 2 is 2.00 bits per heavy atom. The van der Waals surface area contributed by atoms with Gasteiger partial charge in [-0.2, -0.15) is 0 Å².